The lowest BCUT2D eigenvalue weighted by atomic mass is 10.1. The second-order valence-corrected chi connectivity index (χ2v) is 7.40. The fraction of sp³-hybridized carbons (Fsp3) is 0.571. The topological polar surface area (TPSA) is 40.2 Å². The van der Waals surface area contributed by atoms with E-state index in [-0.39, 0.29) is 11.6 Å². The van der Waals surface area contributed by atoms with Crippen LogP contribution in [0, 0.1) is 0 Å². The van der Waals surface area contributed by atoms with Gasteiger partial charge in [0.05, 0.1) is 9.81 Å². The van der Waals surface area contributed by atoms with Gasteiger partial charge in [0, 0.05) is 26.2 Å². The zero-order valence-electron chi connectivity index (χ0n) is 11.8. The third-order valence-corrected chi connectivity index (χ3v) is 5.29. The first-order valence-corrected chi connectivity index (χ1v) is 8.99. The van der Waals surface area contributed by atoms with Crippen molar-refractivity contribution in [1.82, 2.24) is 9.80 Å². The van der Waals surface area contributed by atoms with Crippen molar-refractivity contribution in [2.24, 2.45) is 0 Å². The molecule has 0 aromatic heterocycles. The van der Waals surface area contributed by atoms with E-state index in [1.165, 1.54) is 23.5 Å². The number of rotatable bonds is 6. The maximum atomic E-state index is 12.8. The third-order valence-electron chi connectivity index (χ3n) is 3.38. The fourth-order valence-corrected chi connectivity index (χ4v) is 4.06. The number of thioether (sulfide) groups is 2. The highest BCUT2D eigenvalue weighted by atomic mass is 32.2. The van der Waals surface area contributed by atoms with Crippen molar-refractivity contribution in [1.29, 1.82) is 0 Å². The first-order valence-electron chi connectivity index (χ1n) is 7.02. The summed E-state index contributed by atoms with van der Waals surface area (Å²) < 4.78 is 0. The summed E-state index contributed by atoms with van der Waals surface area (Å²) in [6.07, 6.45) is 0. The van der Waals surface area contributed by atoms with E-state index in [0.29, 0.717) is 21.2 Å². The van der Waals surface area contributed by atoms with Crippen LogP contribution >= 0.6 is 23.5 Å². The van der Waals surface area contributed by atoms with E-state index in [1.54, 1.807) is 0 Å². The minimum atomic E-state index is 0.0619. The molecular formula is C14H18N2O2S2. The Labute approximate surface area is 127 Å². The summed E-state index contributed by atoms with van der Waals surface area (Å²) in [5, 5.41) is 0. The molecule has 2 fully saturated rings. The predicted octanol–water partition coefficient (Wildman–Crippen LogP) is 1.70. The molecule has 0 unspecified atom stereocenters. The molecule has 2 heterocycles. The zero-order chi connectivity index (χ0) is 14.3. The molecule has 2 saturated heterocycles. The molecule has 1 aliphatic carbocycles. The maximum Gasteiger partial charge on any atom is 0.218 e. The molecule has 2 aliphatic heterocycles. The lowest BCUT2D eigenvalue weighted by molar-refractivity contribution is -0.116. The molecule has 6 heteroatoms. The van der Waals surface area contributed by atoms with Crippen molar-refractivity contribution in [3.63, 3.8) is 0 Å². The summed E-state index contributed by atoms with van der Waals surface area (Å²) in [5.74, 6) is 1.75. The van der Waals surface area contributed by atoms with Crippen LogP contribution in [0.1, 0.15) is 13.8 Å². The van der Waals surface area contributed by atoms with Gasteiger partial charge in [-0.1, -0.05) is 13.8 Å². The highest BCUT2D eigenvalue weighted by Crippen LogP contribution is 2.41. The molecular weight excluding hydrogens is 292 g/mol. The lowest BCUT2D eigenvalue weighted by Gasteiger charge is -2.24. The van der Waals surface area contributed by atoms with Gasteiger partial charge in [-0.3, -0.25) is 9.59 Å². The van der Waals surface area contributed by atoms with Crippen molar-refractivity contribution in [3.05, 3.63) is 21.2 Å². The quantitative estimate of drug-likeness (QED) is 0.549. The number of hydrogen-bond acceptors (Lipinski definition) is 6. The standard InChI is InChI=1S/C14H18N2O2S2/c1-3-19-13-9(15-5-6-15)12(18)14(20-4-2)10(11(13)17)16-7-8-16/h3-8H2,1-2H3. The van der Waals surface area contributed by atoms with Gasteiger partial charge in [-0.25, -0.2) is 0 Å². The molecule has 20 heavy (non-hydrogen) atoms. The Morgan fingerprint density at radius 2 is 1.15 bits per heavy atom. The molecule has 0 saturated carbocycles. The van der Waals surface area contributed by atoms with Crippen LogP contribution in [0.25, 0.3) is 0 Å². The zero-order valence-corrected chi connectivity index (χ0v) is 13.4. The van der Waals surface area contributed by atoms with Crippen LogP contribution in [0.15, 0.2) is 21.2 Å². The monoisotopic (exact) mass is 310 g/mol. The van der Waals surface area contributed by atoms with Crippen LogP contribution in [-0.4, -0.2) is 59.1 Å². The van der Waals surface area contributed by atoms with E-state index in [0.717, 1.165) is 37.7 Å². The Kier molecular flexibility index (Phi) is 3.86. The number of hydrogen-bond donors (Lipinski definition) is 0. The molecule has 0 aromatic carbocycles. The molecule has 0 radical (unpaired) electrons. The molecule has 0 aromatic rings. The Morgan fingerprint density at radius 1 is 0.800 bits per heavy atom. The summed E-state index contributed by atoms with van der Waals surface area (Å²) in [4.78, 5) is 31.0. The molecule has 0 N–H and O–H groups in total. The second kappa shape index (κ2) is 5.48. The summed E-state index contributed by atoms with van der Waals surface area (Å²) in [7, 11) is 0. The van der Waals surface area contributed by atoms with Crippen LogP contribution in [0.4, 0.5) is 0 Å². The Hall–Kier alpha value is -0.880. The largest absolute Gasteiger partial charge is 0.364 e. The highest BCUT2D eigenvalue weighted by molar-refractivity contribution is 8.04. The van der Waals surface area contributed by atoms with Gasteiger partial charge in [-0.15, -0.1) is 23.5 Å². The van der Waals surface area contributed by atoms with Crippen LogP contribution in [-0.2, 0) is 9.59 Å². The predicted molar refractivity (Wildman–Crippen MR) is 83.5 cm³/mol. The van der Waals surface area contributed by atoms with Crippen molar-refractivity contribution < 1.29 is 9.59 Å². The van der Waals surface area contributed by atoms with E-state index in [2.05, 4.69) is 0 Å². The van der Waals surface area contributed by atoms with Gasteiger partial charge in [0.1, 0.15) is 11.4 Å². The summed E-state index contributed by atoms with van der Waals surface area (Å²) in [6.45, 7) is 7.62. The van der Waals surface area contributed by atoms with Crippen molar-refractivity contribution in [3.8, 4) is 0 Å². The fourth-order valence-electron chi connectivity index (χ4n) is 2.31. The molecule has 4 nitrogen and oxygen atoms in total. The van der Waals surface area contributed by atoms with Crippen molar-refractivity contribution >= 4 is 35.1 Å². The maximum absolute atomic E-state index is 12.8. The van der Waals surface area contributed by atoms with Crippen molar-refractivity contribution in [2.45, 2.75) is 13.8 Å². The first kappa shape index (κ1) is 14.1. The number of Topliss-reactive ketones (excluding diaryl/α,β-unsaturated/α-hetero) is 2. The van der Waals surface area contributed by atoms with Crippen LogP contribution in [0.5, 0.6) is 0 Å². The van der Waals surface area contributed by atoms with Crippen LogP contribution < -0.4 is 0 Å². The van der Waals surface area contributed by atoms with Crippen molar-refractivity contribution in [2.75, 3.05) is 37.7 Å². The van der Waals surface area contributed by atoms with Gasteiger partial charge in [0.15, 0.2) is 0 Å². The summed E-state index contributed by atoms with van der Waals surface area (Å²) >= 11 is 3.01. The molecule has 3 aliphatic rings. The van der Waals surface area contributed by atoms with E-state index in [9.17, 15) is 9.59 Å². The molecule has 0 atom stereocenters. The Balaban J connectivity index is 2.04. The Morgan fingerprint density at radius 3 is 1.40 bits per heavy atom. The lowest BCUT2D eigenvalue weighted by Crippen LogP contribution is -2.28. The van der Waals surface area contributed by atoms with Gasteiger partial charge in [0.25, 0.3) is 0 Å². The van der Waals surface area contributed by atoms with Gasteiger partial charge < -0.3 is 9.80 Å². The normalized spacial score (nSPS) is 22.1. The number of allylic oxidation sites excluding steroid dienone is 2. The van der Waals surface area contributed by atoms with Crippen LogP contribution in [0.3, 0.4) is 0 Å². The average Bonchev–Trinajstić information content (AvgIpc) is 3.26. The highest BCUT2D eigenvalue weighted by Gasteiger charge is 2.43. The van der Waals surface area contributed by atoms with Gasteiger partial charge in [-0.05, 0) is 11.5 Å². The Bertz CT molecular complexity index is 483. The SMILES string of the molecule is CCSC1=C(N2CC2)C(=O)C(SCC)=C(N2CC2)C1=O. The number of carbonyl (C=O) groups excluding carboxylic acids is 2. The van der Waals surface area contributed by atoms with Crippen LogP contribution in [0.2, 0.25) is 0 Å². The van der Waals surface area contributed by atoms with E-state index in [4.69, 9.17) is 0 Å². The summed E-state index contributed by atoms with van der Waals surface area (Å²) in [6, 6.07) is 0. The third kappa shape index (κ3) is 2.39. The van der Waals surface area contributed by atoms with Gasteiger partial charge in [-0.2, -0.15) is 0 Å². The molecule has 3 rings (SSSR count). The van der Waals surface area contributed by atoms with Gasteiger partial charge >= 0.3 is 0 Å². The minimum Gasteiger partial charge on any atom is -0.364 e. The molecule has 0 amide bonds. The average molecular weight is 310 g/mol. The van der Waals surface area contributed by atoms with E-state index >= 15 is 0 Å². The van der Waals surface area contributed by atoms with E-state index < -0.39 is 0 Å². The number of nitrogens with zero attached hydrogens (tertiary/aromatic N) is 2. The molecule has 108 valence electrons. The molecule has 0 spiro atoms. The summed E-state index contributed by atoms with van der Waals surface area (Å²) in [5.41, 5.74) is 1.31. The number of ketones is 2. The van der Waals surface area contributed by atoms with E-state index in [1.807, 2.05) is 23.6 Å². The second-order valence-electron chi connectivity index (χ2n) is 4.85. The first-order chi connectivity index (χ1) is 9.69. The smallest absolute Gasteiger partial charge is 0.218 e. The molecule has 0 bridgehead atoms. The minimum absolute atomic E-state index is 0.0619. The van der Waals surface area contributed by atoms with Gasteiger partial charge in [0.2, 0.25) is 11.6 Å². The number of carbonyl (C=O) groups is 2.